The predicted octanol–water partition coefficient (Wildman–Crippen LogP) is 5.37. The summed E-state index contributed by atoms with van der Waals surface area (Å²) in [6.07, 6.45) is -0.193. The van der Waals surface area contributed by atoms with Gasteiger partial charge in [-0.05, 0) is 72.9 Å². The molecule has 0 spiro atoms. The molecule has 4 aromatic carbocycles. The van der Waals surface area contributed by atoms with Gasteiger partial charge in [0.1, 0.15) is 35.4 Å². The molecule has 302 valence electrons. The molecule has 13 heteroatoms. The maximum Gasteiger partial charge on any atom is 0.330 e. The molecule has 1 saturated heterocycles. The number of aliphatic hydroxyl groups is 1. The zero-order valence-corrected chi connectivity index (χ0v) is 32.7. The first kappa shape index (κ1) is 40.3. The van der Waals surface area contributed by atoms with Crippen LogP contribution in [0, 0.1) is 6.92 Å². The van der Waals surface area contributed by atoms with Gasteiger partial charge in [-0.25, -0.2) is 4.79 Å². The fourth-order valence-electron chi connectivity index (χ4n) is 7.73. The van der Waals surface area contributed by atoms with E-state index in [-0.39, 0.29) is 30.6 Å². The van der Waals surface area contributed by atoms with Crippen molar-refractivity contribution in [3.8, 4) is 11.5 Å². The summed E-state index contributed by atoms with van der Waals surface area (Å²) in [4.78, 5) is 54.4. The number of benzene rings is 4. The molecule has 0 bridgehead atoms. The number of unbranched alkanes of at least 4 members (excludes halogenated alkanes) is 3. The summed E-state index contributed by atoms with van der Waals surface area (Å²) < 4.78 is 32.1. The molecule has 4 atom stereocenters. The third-order valence-corrected chi connectivity index (χ3v) is 10.8. The summed E-state index contributed by atoms with van der Waals surface area (Å²) in [5.74, 6) is 0.802. The molecule has 7 rings (SSSR count). The third-order valence-electron chi connectivity index (χ3n) is 10.8. The number of nitrogens with zero attached hydrogens (tertiary/aromatic N) is 2. The Morgan fingerprint density at radius 1 is 0.724 bits per heavy atom. The molecule has 1 fully saturated rings. The van der Waals surface area contributed by atoms with Crippen LogP contribution < -0.4 is 20.7 Å². The number of aromatic nitrogens is 2. The van der Waals surface area contributed by atoms with Gasteiger partial charge >= 0.3 is 5.69 Å². The van der Waals surface area contributed by atoms with Crippen LogP contribution in [-0.2, 0) is 19.8 Å². The average molecular weight is 790 g/mol. The predicted molar refractivity (Wildman–Crippen MR) is 214 cm³/mol. The van der Waals surface area contributed by atoms with Gasteiger partial charge in [0.05, 0.1) is 32.0 Å². The van der Waals surface area contributed by atoms with Gasteiger partial charge in [-0.3, -0.25) is 28.8 Å². The van der Waals surface area contributed by atoms with Crippen LogP contribution in [-0.4, -0.2) is 83.7 Å². The SMILES string of the molecule is COc1ccc(C(OC[C@H]2O[C@@H](n3cc(C)c(=O)[nH]c3=O)[C@H](O)[C@@H]2OCCCCCCN2C(=O)c3ccccc3C2=O)(c2ccccc2)c2ccc(OC)cc2)cc1. The molecular formula is C45H47N3O10. The number of hydrogen-bond donors (Lipinski definition) is 2. The normalized spacial score (nSPS) is 19.1. The molecule has 3 heterocycles. The number of fused-ring (bicyclic) bond motifs is 1. The van der Waals surface area contributed by atoms with E-state index >= 15 is 0 Å². The minimum Gasteiger partial charge on any atom is -0.497 e. The number of methoxy groups -OCH3 is 2. The van der Waals surface area contributed by atoms with Crippen molar-refractivity contribution in [2.45, 2.75) is 62.7 Å². The molecule has 2 N–H and O–H groups in total. The number of hydrogen-bond acceptors (Lipinski definition) is 10. The maximum atomic E-state index is 13.1. The lowest BCUT2D eigenvalue weighted by Gasteiger charge is -2.37. The number of imide groups is 1. The van der Waals surface area contributed by atoms with Crippen LogP contribution in [0.5, 0.6) is 11.5 Å². The number of carbonyl (C=O) groups is 2. The fourth-order valence-corrected chi connectivity index (χ4v) is 7.73. The molecule has 0 unspecified atom stereocenters. The molecule has 0 radical (unpaired) electrons. The van der Waals surface area contributed by atoms with E-state index in [1.807, 2.05) is 78.9 Å². The Hall–Kier alpha value is -5.86. The number of aromatic amines is 1. The Morgan fingerprint density at radius 3 is 1.86 bits per heavy atom. The topological polar surface area (TPSA) is 159 Å². The Balaban J connectivity index is 1.11. The molecule has 2 aliphatic rings. The van der Waals surface area contributed by atoms with E-state index in [9.17, 15) is 24.3 Å². The lowest BCUT2D eigenvalue weighted by atomic mass is 9.80. The van der Waals surface area contributed by atoms with Gasteiger partial charge < -0.3 is 28.8 Å². The van der Waals surface area contributed by atoms with E-state index < -0.39 is 41.4 Å². The van der Waals surface area contributed by atoms with E-state index in [4.69, 9.17) is 23.7 Å². The van der Waals surface area contributed by atoms with Crippen molar-refractivity contribution in [1.82, 2.24) is 14.5 Å². The smallest absolute Gasteiger partial charge is 0.330 e. The summed E-state index contributed by atoms with van der Waals surface area (Å²) >= 11 is 0. The first-order valence-electron chi connectivity index (χ1n) is 19.4. The van der Waals surface area contributed by atoms with E-state index in [2.05, 4.69) is 4.98 Å². The number of amides is 2. The lowest BCUT2D eigenvalue weighted by Crippen LogP contribution is -2.41. The summed E-state index contributed by atoms with van der Waals surface area (Å²) in [5.41, 5.74) is 1.11. The first-order valence-corrected chi connectivity index (χ1v) is 19.4. The zero-order valence-electron chi connectivity index (χ0n) is 32.7. The standard InChI is InChI=1S/C45H47N3O10/c1-29-27-48(44(53)46-40(29)50)43-38(49)39(56-26-12-5-4-11-25-47-41(51)35-15-9-10-16-36(35)42(47)52)37(58-43)28-57-45(30-13-7-6-8-14-30,31-17-21-33(54-2)22-18-31)32-19-23-34(55-3)24-20-32/h6-10,13-24,27,37-39,43,49H,4-5,11-12,25-26,28H2,1-3H3,(H,46,50,53)/t37-,38-,39-,43-/m1/s1. The van der Waals surface area contributed by atoms with E-state index in [1.54, 1.807) is 45.4 Å². The lowest BCUT2D eigenvalue weighted by molar-refractivity contribution is -0.104. The number of carbonyl (C=O) groups excluding carboxylic acids is 2. The first-order chi connectivity index (χ1) is 28.2. The van der Waals surface area contributed by atoms with Crippen molar-refractivity contribution in [2.24, 2.45) is 0 Å². The summed E-state index contributed by atoms with van der Waals surface area (Å²) in [6.45, 7) is 2.06. The Kier molecular flexibility index (Phi) is 12.3. The molecule has 2 aliphatic heterocycles. The summed E-state index contributed by atoms with van der Waals surface area (Å²) in [6, 6.07) is 31.8. The van der Waals surface area contributed by atoms with Crippen molar-refractivity contribution in [3.05, 3.63) is 164 Å². The molecule has 13 nitrogen and oxygen atoms in total. The number of nitrogens with one attached hydrogen (secondary N) is 1. The Labute approximate surface area is 335 Å². The number of aryl methyl sites for hydroxylation is 1. The van der Waals surface area contributed by atoms with E-state index in [0.29, 0.717) is 42.0 Å². The number of ether oxygens (including phenoxy) is 5. The Morgan fingerprint density at radius 2 is 1.28 bits per heavy atom. The van der Waals surface area contributed by atoms with Crippen molar-refractivity contribution >= 4 is 11.8 Å². The molecule has 5 aromatic rings. The minimum absolute atomic E-state index is 0.0808. The van der Waals surface area contributed by atoms with Crippen molar-refractivity contribution in [2.75, 3.05) is 34.0 Å². The van der Waals surface area contributed by atoms with Crippen LogP contribution >= 0.6 is 0 Å². The van der Waals surface area contributed by atoms with Crippen molar-refractivity contribution in [3.63, 3.8) is 0 Å². The molecule has 0 aliphatic carbocycles. The number of rotatable bonds is 17. The second kappa shape index (κ2) is 17.7. The Bertz CT molecular complexity index is 2240. The third kappa shape index (κ3) is 7.98. The van der Waals surface area contributed by atoms with Crippen molar-refractivity contribution in [1.29, 1.82) is 0 Å². The highest BCUT2D eigenvalue weighted by Crippen LogP contribution is 2.43. The largest absolute Gasteiger partial charge is 0.497 e. The highest BCUT2D eigenvalue weighted by molar-refractivity contribution is 6.21. The quantitative estimate of drug-likeness (QED) is 0.0713. The van der Waals surface area contributed by atoms with Crippen LogP contribution in [0.2, 0.25) is 0 Å². The van der Waals surface area contributed by atoms with Crippen LogP contribution in [0.25, 0.3) is 0 Å². The monoisotopic (exact) mass is 789 g/mol. The molecule has 58 heavy (non-hydrogen) atoms. The second-order valence-electron chi connectivity index (χ2n) is 14.4. The van der Waals surface area contributed by atoms with Crippen LogP contribution in [0.3, 0.4) is 0 Å². The zero-order chi connectivity index (χ0) is 40.8. The van der Waals surface area contributed by atoms with Crippen molar-refractivity contribution < 1.29 is 38.4 Å². The number of H-pyrrole nitrogens is 1. The van der Waals surface area contributed by atoms with Crippen LogP contribution in [0.15, 0.2) is 119 Å². The van der Waals surface area contributed by atoms with Crippen LogP contribution in [0.1, 0.15) is 74.9 Å². The molecule has 0 saturated carbocycles. The highest BCUT2D eigenvalue weighted by atomic mass is 16.6. The number of aliphatic hydroxyl groups excluding tert-OH is 1. The second-order valence-corrected chi connectivity index (χ2v) is 14.4. The minimum atomic E-state index is -1.31. The maximum absolute atomic E-state index is 13.1. The molecule has 1 aromatic heterocycles. The van der Waals surface area contributed by atoms with Gasteiger partial charge in [0.15, 0.2) is 6.23 Å². The van der Waals surface area contributed by atoms with Gasteiger partial charge in [0.2, 0.25) is 0 Å². The fraction of sp³-hybridized carbons (Fsp3) is 0.333. The van der Waals surface area contributed by atoms with Gasteiger partial charge in [0.25, 0.3) is 17.4 Å². The van der Waals surface area contributed by atoms with Gasteiger partial charge in [0, 0.05) is 24.9 Å². The van der Waals surface area contributed by atoms with E-state index in [1.165, 1.54) is 15.7 Å². The van der Waals surface area contributed by atoms with Gasteiger partial charge in [-0.1, -0.05) is 79.6 Å². The summed E-state index contributed by atoms with van der Waals surface area (Å²) in [7, 11) is 3.21. The highest BCUT2D eigenvalue weighted by Gasteiger charge is 2.48. The summed E-state index contributed by atoms with van der Waals surface area (Å²) in [5, 5.41) is 11.8. The molecule has 2 amide bonds. The molecular weight excluding hydrogens is 743 g/mol. The average Bonchev–Trinajstić information content (AvgIpc) is 3.69. The van der Waals surface area contributed by atoms with E-state index in [0.717, 1.165) is 29.5 Å². The van der Waals surface area contributed by atoms with Gasteiger partial charge in [-0.15, -0.1) is 0 Å². The van der Waals surface area contributed by atoms with Crippen LogP contribution in [0.4, 0.5) is 0 Å². The van der Waals surface area contributed by atoms with Gasteiger partial charge in [-0.2, -0.15) is 0 Å².